The predicted molar refractivity (Wildman–Crippen MR) is 73.3 cm³/mol. The van der Waals surface area contributed by atoms with Crippen LogP contribution in [0.2, 0.25) is 5.28 Å². The first kappa shape index (κ1) is 12.5. The van der Waals surface area contributed by atoms with Gasteiger partial charge in [-0.15, -0.1) is 0 Å². The van der Waals surface area contributed by atoms with Gasteiger partial charge >= 0.3 is 5.91 Å². The first-order valence-corrected chi connectivity index (χ1v) is 6.10. The number of carbonyl (C=O) groups excluding carboxylic acids is 1. The molecule has 0 spiro atoms. The number of aromatic nitrogens is 3. The second-order valence-corrected chi connectivity index (χ2v) is 4.46. The van der Waals surface area contributed by atoms with Crippen molar-refractivity contribution in [2.24, 2.45) is 7.05 Å². The largest absolute Gasteiger partial charge is 0.459 e. The van der Waals surface area contributed by atoms with Gasteiger partial charge in [0, 0.05) is 19.4 Å². The van der Waals surface area contributed by atoms with Gasteiger partial charge in [0.15, 0.2) is 11.6 Å². The number of nitrogens with one attached hydrogen (secondary N) is 2. The molecule has 0 saturated carbocycles. The number of anilines is 1. The number of rotatable bonds is 3. The van der Waals surface area contributed by atoms with E-state index in [9.17, 15) is 4.79 Å². The summed E-state index contributed by atoms with van der Waals surface area (Å²) in [5.74, 6) is 0.205. The smallest absolute Gasteiger partial charge is 0.305 e. The minimum Gasteiger partial charge on any atom is -0.459 e. The summed E-state index contributed by atoms with van der Waals surface area (Å²) in [5.41, 5.74) is 5.89. The lowest BCUT2D eigenvalue weighted by atomic mass is 10.4. The molecule has 0 radical (unpaired) electrons. The monoisotopic (exact) mass is 291 g/mol. The second-order valence-electron chi connectivity index (χ2n) is 4.12. The molecule has 0 bridgehead atoms. The summed E-state index contributed by atoms with van der Waals surface area (Å²) in [6.45, 7) is 0. The molecule has 1 amide bonds. The third kappa shape index (κ3) is 2.30. The molecule has 0 aliphatic heterocycles. The van der Waals surface area contributed by atoms with Gasteiger partial charge in [-0.1, -0.05) is 0 Å². The van der Waals surface area contributed by atoms with E-state index in [2.05, 4.69) is 20.8 Å². The maximum atomic E-state index is 11.8. The van der Waals surface area contributed by atoms with Crippen molar-refractivity contribution >= 4 is 34.2 Å². The van der Waals surface area contributed by atoms with E-state index < -0.39 is 5.91 Å². The zero-order valence-electron chi connectivity index (χ0n) is 10.4. The number of fused-ring (bicyclic) bond motifs is 1. The van der Waals surface area contributed by atoms with E-state index in [1.807, 2.05) is 24.0 Å². The van der Waals surface area contributed by atoms with Crippen molar-refractivity contribution in [1.29, 1.82) is 0 Å². The number of furan rings is 1. The topological polar surface area (TPSA) is 85.0 Å². The molecule has 20 heavy (non-hydrogen) atoms. The maximum Gasteiger partial charge on any atom is 0.305 e. The van der Waals surface area contributed by atoms with Gasteiger partial charge in [0.05, 0.1) is 17.2 Å². The predicted octanol–water partition coefficient (Wildman–Crippen LogP) is 1.97. The summed E-state index contributed by atoms with van der Waals surface area (Å²) in [4.78, 5) is 19.9. The van der Waals surface area contributed by atoms with Gasteiger partial charge in [-0.2, -0.15) is 4.98 Å². The summed E-state index contributed by atoms with van der Waals surface area (Å²) in [6.07, 6.45) is 5.06. The highest BCUT2D eigenvalue weighted by atomic mass is 35.5. The Kier molecular flexibility index (Phi) is 3.03. The molecule has 3 aromatic heterocycles. The molecular weight excluding hydrogens is 282 g/mol. The van der Waals surface area contributed by atoms with Crippen molar-refractivity contribution in [2.75, 3.05) is 5.43 Å². The maximum absolute atomic E-state index is 11.8. The Balaban J connectivity index is 1.85. The summed E-state index contributed by atoms with van der Waals surface area (Å²) >= 11 is 5.85. The van der Waals surface area contributed by atoms with Gasteiger partial charge in [-0.05, 0) is 23.7 Å². The highest BCUT2D eigenvalue weighted by Gasteiger charge is 2.11. The highest BCUT2D eigenvalue weighted by Crippen LogP contribution is 2.22. The minimum absolute atomic E-state index is 0.0958. The second kappa shape index (κ2) is 4.86. The third-order valence-electron chi connectivity index (χ3n) is 2.65. The molecular formula is C12H10ClN5O2. The first-order chi connectivity index (χ1) is 9.63. The van der Waals surface area contributed by atoms with Crippen LogP contribution in [-0.4, -0.2) is 20.4 Å². The van der Waals surface area contributed by atoms with Crippen LogP contribution < -0.4 is 10.9 Å². The number of hydrogen-bond acceptors (Lipinski definition) is 5. The van der Waals surface area contributed by atoms with E-state index in [0.29, 0.717) is 11.3 Å². The van der Waals surface area contributed by atoms with Crippen LogP contribution in [0.5, 0.6) is 0 Å². The number of hydrazine groups is 1. The van der Waals surface area contributed by atoms with Crippen LogP contribution in [0.4, 0.5) is 5.82 Å². The Morgan fingerprint density at radius 3 is 3.00 bits per heavy atom. The van der Waals surface area contributed by atoms with Crippen molar-refractivity contribution in [3.8, 4) is 0 Å². The fraction of sp³-hybridized carbons (Fsp3) is 0.0833. The van der Waals surface area contributed by atoms with Crippen LogP contribution >= 0.6 is 11.6 Å². The van der Waals surface area contributed by atoms with Crippen LogP contribution in [0, 0.1) is 0 Å². The molecule has 3 heterocycles. The molecule has 0 aliphatic carbocycles. The Labute approximate surface area is 118 Å². The number of aryl methyl sites for hydroxylation is 1. The van der Waals surface area contributed by atoms with Gasteiger partial charge in [0.2, 0.25) is 5.28 Å². The number of nitrogens with zero attached hydrogens (tertiary/aromatic N) is 3. The van der Waals surface area contributed by atoms with Gasteiger partial charge in [-0.3, -0.25) is 15.6 Å². The van der Waals surface area contributed by atoms with Crippen molar-refractivity contribution in [1.82, 2.24) is 20.0 Å². The standard InChI is InChI=1S/C12H10ClN5O2/c1-18-5-7-8(6-18)14-12(13)15-10(7)16-17-11(19)9-3-2-4-20-9/h2-6H,1H3,(H,17,19)(H,14,15,16). The van der Waals surface area contributed by atoms with Crippen molar-refractivity contribution < 1.29 is 9.21 Å². The zero-order chi connectivity index (χ0) is 14.1. The van der Waals surface area contributed by atoms with Gasteiger partial charge in [-0.25, -0.2) is 4.98 Å². The van der Waals surface area contributed by atoms with Crippen molar-refractivity contribution in [3.63, 3.8) is 0 Å². The molecule has 2 N–H and O–H groups in total. The number of carbonyl (C=O) groups is 1. The highest BCUT2D eigenvalue weighted by molar-refractivity contribution is 6.28. The fourth-order valence-electron chi connectivity index (χ4n) is 1.80. The van der Waals surface area contributed by atoms with E-state index in [1.165, 1.54) is 6.26 Å². The summed E-state index contributed by atoms with van der Waals surface area (Å²) in [5, 5.41) is 0.843. The van der Waals surface area contributed by atoms with Crippen LogP contribution in [0.15, 0.2) is 35.2 Å². The third-order valence-corrected chi connectivity index (χ3v) is 2.81. The van der Waals surface area contributed by atoms with Gasteiger partial charge in [0.25, 0.3) is 0 Å². The molecule has 0 aromatic carbocycles. The number of amides is 1. The average Bonchev–Trinajstić information content (AvgIpc) is 3.03. The molecule has 8 heteroatoms. The molecule has 0 atom stereocenters. The lowest BCUT2D eigenvalue weighted by Gasteiger charge is -2.07. The molecule has 3 rings (SSSR count). The summed E-state index contributed by atoms with van der Waals surface area (Å²) in [6, 6.07) is 3.19. The fourth-order valence-corrected chi connectivity index (χ4v) is 1.97. The molecule has 3 aromatic rings. The molecule has 7 nitrogen and oxygen atoms in total. The molecule has 0 fully saturated rings. The molecule has 0 aliphatic rings. The van der Waals surface area contributed by atoms with Crippen LogP contribution in [0.3, 0.4) is 0 Å². The number of hydrogen-bond donors (Lipinski definition) is 2. The van der Waals surface area contributed by atoms with E-state index in [1.54, 1.807) is 12.1 Å². The van der Waals surface area contributed by atoms with E-state index in [0.717, 1.165) is 5.39 Å². The van der Waals surface area contributed by atoms with Crippen LogP contribution in [-0.2, 0) is 7.05 Å². The van der Waals surface area contributed by atoms with Crippen molar-refractivity contribution in [2.45, 2.75) is 0 Å². The first-order valence-electron chi connectivity index (χ1n) is 5.72. The molecule has 0 saturated heterocycles. The number of halogens is 1. The van der Waals surface area contributed by atoms with Crippen LogP contribution in [0.25, 0.3) is 10.9 Å². The van der Waals surface area contributed by atoms with E-state index >= 15 is 0 Å². The Hall–Kier alpha value is -2.54. The van der Waals surface area contributed by atoms with Gasteiger partial charge in [0.1, 0.15) is 0 Å². The lowest BCUT2D eigenvalue weighted by Crippen LogP contribution is -2.29. The zero-order valence-corrected chi connectivity index (χ0v) is 11.2. The Bertz CT molecular complexity index is 766. The quantitative estimate of drug-likeness (QED) is 0.569. The van der Waals surface area contributed by atoms with E-state index in [-0.39, 0.29) is 11.0 Å². The van der Waals surface area contributed by atoms with E-state index in [4.69, 9.17) is 16.0 Å². The van der Waals surface area contributed by atoms with Crippen LogP contribution in [0.1, 0.15) is 10.6 Å². The van der Waals surface area contributed by atoms with Gasteiger partial charge < -0.3 is 8.98 Å². The Morgan fingerprint density at radius 1 is 1.40 bits per heavy atom. The SMILES string of the molecule is Cn1cc2nc(Cl)nc(NNC(=O)c3ccco3)c2c1. The molecule has 102 valence electrons. The molecule has 0 unspecified atom stereocenters. The summed E-state index contributed by atoms with van der Waals surface area (Å²) < 4.78 is 6.81. The Morgan fingerprint density at radius 2 is 2.25 bits per heavy atom. The van der Waals surface area contributed by atoms with Crippen molar-refractivity contribution in [3.05, 3.63) is 41.8 Å². The normalized spacial score (nSPS) is 10.7. The minimum atomic E-state index is -0.409. The average molecular weight is 292 g/mol. The summed E-state index contributed by atoms with van der Waals surface area (Å²) in [7, 11) is 1.86. The lowest BCUT2D eigenvalue weighted by molar-refractivity contribution is 0.0935.